The van der Waals surface area contributed by atoms with Gasteiger partial charge in [-0.15, -0.1) is 0 Å². The van der Waals surface area contributed by atoms with Gasteiger partial charge >= 0.3 is 11.9 Å². The monoisotopic (exact) mass is 417 g/mol. The first-order valence-electron chi connectivity index (χ1n) is 8.01. The second-order valence-electron chi connectivity index (χ2n) is 5.47. The van der Waals surface area contributed by atoms with Gasteiger partial charge in [0.25, 0.3) is 4.93 Å². The van der Waals surface area contributed by atoms with Crippen molar-refractivity contribution in [3.05, 3.63) is 54.4 Å². The number of nitrogens with zero attached hydrogens (tertiary/aromatic N) is 3. The van der Waals surface area contributed by atoms with E-state index < -0.39 is 22.8 Å². The smallest absolute Gasteiger partial charge is 0.363 e. The Labute approximate surface area is 170 Å². The Morgan fingerprint density at radius 1 is 1.11 bits per heavy atom. The fourth-order valence-corrected chi connectivity index (χ4v) is 4.06. The fourth-order valence-electron chi connectivity index (χ4n) is 2.53. The van der Waals surface area contributed by atoms with Gasteiger partial charge in [-0.2, -0.15) is 0 Å². The number of hydrogen-bond acceptors (Lipinski definition) is 9. The highest BCUT2D eigenvalue weighted by Crippen LogP contribution is 2.44. The Kier molecular flexibility index (Phi) is 6.00. The number of methoxy groups -OCH3 is 2. The predicted molar refractivity (Wildman–Crippen MR) is 105 cm³/mol. The topological polar surface area (TPSA) is 100.0 Å². The maximum Gasteiger partial charge on any atom is 0.363 e. The quantitative estimate of drug-likeness (QED) is 0.411. The lowest BCUT2D eigenvalue weighted by molar-refractivity contribution is -0.162. The standard InChI is InChI=1S/C18H15N3O5S2/c1-24-15(22)12-14(27)21-13(11-7-4-3-5-8-11)26-18(12,16(23)25-2)28-17-19-9-6-10-20-17/h3-10,12H,1-2H3. The van der Waals surface area contributed by atoms with E-state index in [1.54, 1.807) is 30.3 Å². The summed E-state index contributed by atoms with van der Waals surface area (Å²) in [6.07, 6.45) is 3.00. The van der Waals surface area contributed by atoms with Crippen molar-refractivity contribution in [3.63, 3.8) is 0 Å². The minimum absolute atomic E-state index is 0.0641. The number of benzene rings is 1. The van der Waals surface area contributed by atoms with Crippen LogP contribution in [-0.2, 0) is 23.8 Å². The van der Waals surface area contributed by atoms with Crippen LogP contribution in [0.2, 0.25) is 0 Å². The lowest BCUT2D eigenvalue weighted by Crippen LogP contribution is -2.56. The molecule has 0 fully saturated rings. The van der Waals surface area contributed by atoms with Gasteiger partial charge in [0.2, 0.25) is 5.90 Å². The zero-order valence-corrected chi connectivity index (χ0v) is 16.5. The molecule has 2 atom stereocenters. The molecule has 2 aromatic rings. The van der Waals surface area contributed by atoms with Gasteiger partial charge in [-0.3, -0.25) is 4.79 Å². The minimum Gasteiger partial charge on any atom is -0.468 e. The molecule has 144 valence electrons. The van der Waals surface area contributed by atoms with Crippen LogP contribution in [-0.4, -0.2) is 51.9 Å². The van der Waals surface area contributed by atoms with Gasteiger partial charge in [-0.1, -0.05) is 30.4 Å². The van der Waals surface area contributed by atoms with Gasteiger partial charge in [0.15, 0.2) is 11.1 Å². The molecule has 0 spiro atoms. The van der Waals surface area contributed by atoms with E-state index in [0.717, 1.165) is 11.8 Å². The molecule has 28 heavy (non-hydrogen) atoms. The highest BCUT2D eigenvalue weighted by atomic mass is 32.2. The van der Waals surface area contributed by atoms with Gasteiger partial charge < -0.3 is 14.2 Å². The summed E-state index contributed by atoms with van der Waals surface area (Å²) >= 11 is 6.16. The van der Waals surface area contributed by atoms with Crippen LogP contribution in [0, 0.1) is 5.92 Å². The molecule has 10 heteroatoms. The molecule has 1 aromatic heterocycles. The third-order valence-corrected chi connectivity index (χ3v) is 5.31. The van der Waals surface area contributed by atoms with E-state index >= 15 is 0 Å². The molecule has 0 radical (unpaired) electrons. The second kappa shape index (κ2) is 8.44. The average Bonchev–Trinajstić information content (AvgIpc) is 2.73. The van der Waals surface area contributed by atoms with E-state index in [2.05, 4.69) is 15.0 Å². The number of carbonyl (C=O) groups excluding carboxylic acids is 2. The fraction of sp³-hybridized carbons (Fsp3) is 0.222. The maximum absolute atomic E-state index is 12.9. The molecule has 0 bridgehead atoms. The zero-order chi connectivity index (χ0) is 20.1. The summed E-state index contributed by atoms with van der Waals surface area (Å²) in [5, 5.41) is 0.193. The van der Waals surface area contributed by atoms with Gasteiger partial charge in [0.05, 0.1) is 14.2 Å². The number of aromatic nitrogens is 2. The summed E-state index contributed by atoms with van der Waals surface area (Å²) in [7, 11) is 2.37. The number of hydrogen-bond donors (Lipinski definition) is 0. The summed E-state index contributed by atoms with van der Waals surface area (Å²) in [6.45, 7) is 0. The van der Waals surface area contributed by atoms with Crippen LogP contribution in [0.3, 0.4) is 0 Å². The predicted octanol–water partition coefficient (Wildman–Crippen LogP) is 2.03. The summed E-state index contributed by atoms with van der Waals surface area (Å²) in [4.78, 5) is 35.9. The number of thiocarbonyl (C=S) groups is 1. The van der Waals surface area contributed by atoms with Crippen LogP contribution in [0.15, 0.2) is 58.9 Å². The summed E-state index contributed by atoms with van der Waals surface area (Å²) in [5.41, 5.74) is 0.580. The van der Waals surface area contributed by atoms with E-state index in [0.29, 0.717) is 5.56 Å². The van der Waals surface area contributed by atoms with Gasteiger partial charge in [0, 0.05) is 18.0 Å². The lowest BCUT2D eigenvalue weighted by Gasteiger charge is -2.37. The normalized spacial score (nSPS) is 21.3. The van der Waals surface area contributed by atoms with E-state index in [-0.39, 0.29) is 16.0 Å². The molecule has 0 saturated heterocycles. The molecule has 1 aromatic carbocycles. The number of rotatable bonds is 5. The van der Waals surface area contributed by atoms with Crippen LogP contribution in [0.1, 0.15) is 5.56 Å². The van der Waals surface area contributed by atoms with Gasteiger partial charge in [-0.05, 0) is 30.0 Å². The molecule has 0 aliphatic carbocycles. The number of ether oxygens (including phenoxy) is 3. The van der Waals surface area contributed by atoms with Crippen molar-refractivity contribution < 1.29 is 23.8 Å². The maximum atomic E-state index is 12.9. The van der Waals surface area contributed by atoms with E-state index in [4.69, 9.17) is 26.4 Å². The van der Waals surface area contributed by atoms with E-state index in [1.165, 1.54) is 26.6 Å². The number of carbonyl (C=O) groups is 2. The molecular weight excluding hydrogens is 402 g/mol. The van der Waals surface area contributed by atoms with Crippen molar-refractivity contribution in [3.8, 4) is 0 Å². The first-order chi connectivity index (χ1) is 13.5. The molecule has 1 aliphatic rings. The highest BCUT2D eigenvalue weighted by molar-refractivity contribution is 8.01. The van der Waals surface area contributed by atoms with Crippen molar-refractivity contribution in [1.29, 1.82) is 0 Å². The van der Waals surface area contributed by atoms with Crippen molar-refractivity contribution in [2.45, 2.75) is 10.1 Å². The molecule has 0 amide bonds. The van der Waals surface area contributed by atoms with Crippen molar-refractivity contribution in [2.24, 2.45) is 10.9 Å². The Bertz CT molecular complexity index is 923. The van der Waals surface area contributed by atoms with Gasteiger partial charge in [0.1, 0.15) is 4.99 Å². The molecule has 0 N–H and O–H groups in total. The van der Waals surface area contributed by atoms with Crippen molar-refractivity contribution in [2.75, 3.05) is 14.2 Å². The van der Waals surface area contributed by atoms with E-state index in [1.807, 2.05) is 6.07 Å². The largest absolute Gasteiger partial charge is 0.468 e. The zero-order valence-electron chi connectivity index (χ0n) is 14.9. The lowest BCUT2D eigenvalue weighted by atomic mass is 9.99. The average molecular weight is 417 g/mol. The molecule has 0 saturated carbocycles. The van der Waals surface area contributed by atoms with Gasteiger partial charge in [-0.25, -0.2) is 19.8 Å². The first-order valence-corrected chi connectivity index (χ1v) is 9.23. The van der Waals surface area contributed by atoms with Crippen LogP contribution >= 0.6 is 24.0 Å². The number of aliphatic imine (C=N–C) groups is 1. The van der Waals surface area contributed by atoms with Crippen LogP contribution in [0.5, 0.6) is 0 Å². The highest BCUT2D eigenvalue weighted by Gasteiger charge is 2.60. The molecule has 8 nitrogen and oxygen atoms in total. The molecular formula is C18H15N3O5S2. The molecule has 2 heterocycles. The summed E-state index contributed by atoms with van der Waals surface area (Å²) < 4.78 is 15.8. The molecule has 3 rings (SSSR count). The number of esters is 2. The molecule has 1 aliphatic heterocycles. The SMILES string of the molecule is COC(=O)C1C(=S)N=C(c2ccccc2)OC1(Sc1ncccn1)C(=O)OC. The number of thioether (sulfide) groups is 1. The van der Waals surface area contributed by atoms with Crippen LogP contribution in [0.25, 0.3) is 0 Å². The van der Waals surface area contributed by atoms with Crippen LogP contribution in [0.4, 0.5) is 0 Å². The summed E-state index contributed by atoms with van der Waals surface area (Å²) in [5.74, 6) is -2.87. The summed E-state index contributed by atoms with van der Waals surface area (Å²) in [6, 6.07) is 10.5. The third kappa shape index (κ3) is 3.73. The molecule has 2 unspecified atom stereocenters. The Morgan fingerprint density at radius 2 is 1.79 bits per heavy atom. The van der Waals surface area contributed by atoms with Crippen molar-refractivity contribution >= 4 is 46.8 Å². The Balaban J connectivity index is 2.16. The Morgan fingerprint density at radius 3 is 2.39 bits per heavy atom. The Hall–Kier alpha value is -2.85. The first kappa shape index (κ1) is 19.9. The van der Waals surface area contributed by atoms with Crippen LogP contribution < -0.4 is 0 Å². The van der Waals surface area contributed by atoms with Crippen molar-refractivity contribution in [1.82, 2.24) is 9.97 Å². The third-order valence-electron chi connectivity index (χ3n) is 3.80. The second-order valence-corrected chi connectivity index (χ2v) is 7.07. The van der Waals surface area contributed by atoms with E-state index in [9.17, 15) is 9.59 Å². The minimum atomic E-state index is -1.94.